The molecular weight excluding hydrogens is 256 g/mol. The van der Waals surface area contributed by atoms with Crippen molar-refractivity contribution in [1.29, 1.82) is 5.26 Å². The average Bonchev–Trinajstić information content (AvgIpc) is 2.21. The molecule has 5 heteroatoms. The molecule has 0 spiro atoms. The second-order valence-corrected chi connectivity index (χ2v) is 4.61. The van der Waals surface area contributed by atoms with Gasteiger partial charge in [0.1, 0.15) is 6.07 Å². The molecule has 0 aliphatic heterocycles. The Kier molecular flexibility index (Phi) is 3.98. The second-order valence-electron chi connectivity index (χ2n) is 2.88. The molecule has 0 N–H and O–H groups in total. The third-order valence-corrected chi connectivity index (χ3v) is 2.76. The third-order valence-electron chi connectivity index (χ3n) is 1.80. The molecule has 0 saturated heterocycles. The van der Waals surface area contributed by atoms with Crippen LogP contribution < -0.4 is 0 Å². The average molecular weight is 263 g/mol. The number of hydrogen-bond acceptors (Lipinski definition) is 2. The summed E-state index contributed by atoms with van der Waals surface area (Å²) in [5.74, 6) is -0.582. The fraction of sp³-hybridized carbons (Fsp3) is 0.200. The minimum atomic E-state index is -2.00. The van der Waals surface area contributed by atoms with Crippen molar-refractivity contribution in [2.75, 3.05) is 0 Å². The largest absolute Gasteiger partial charge is 0.295 e. The molecule has 0 saturated carbocycles. The van der Waals surface area contributed by atoms with Gasteiger partial charge in [-0.2, -0.15) is 5.26 Å². The Bertz CT molecular complexity index is 423. The zero-order valence-electron chi connectivity index (χ0n) is 7.51. The van der Waals surface area contributed by atoms with E-state index in [2.05, 4.69) is 0 Å². The van der Waals surface area contributed by atoms with Crippen LogP contribution in [-0.2, 0) is 11.2 Å². The molecule has 1 aromatic carbocycles. The highest BCUT2D eigenvalue weighted by molar-refractivity contribution is 6.60. The monoisotopic (exact) mass is 261 g/mol. The Labute approximate surface area is 102 Å². The Balaban J connectivity index is 2.86. The Morgan fingerprint density at radius 3 is 2.53 bits per heavy atom. The minimum Gasteiger partial charge on any atom is -0.295 e. The molecule has 0 bridgehead atoms. The van der Waals surface area contributed by atoms with E-state index in [1.807, 2.05) is 0 Å². The van der Waals surface area contributed by atoms with E-state index < -0.39 is 10.1 Å². The van der Waals surface area contributed by atoms with Crippen molar-refractivity contribution in [1.82, 2.24) is 0 Å². The number of halogens is 3. The van der Waals surface area contributed by atoms with Crippen LogP contribution in [0.5, 0.6) is 0 Å². The molecule has 0 aliphatic rings. The first-order valence-electron chi connectivity index (χ1n) is 4.03. The van der Waals surface area contributed by atoms with Gasteiger partial charge < -0.3 is 0 Å². The highest BCUT2D eigenvalue weighted by Gasteiger charge is 2.33. The smallest absolute Gasteiger partial charge is 0.261 e. The summed E-state index contributed by atoms with van der Waals surface area (Å²) >= 11 is 16.8. The maximum absolute atomic E-state index is 11.5. The van der Waals surface area contributed by atoms with Crippen molar-refractivity contribution in [2.45, 2.75) is 10.8 Å². The number of carbonyl (C=O) groups excluding carboxylic acids is 1. The molecule has 1 rings (SSSR count). The number of hydrogen-bond donors (Lipinski definition) is 0. The van der Waals surface area contributed by atoms with Crippen molar-refractivity contribution >= 4 is 40.6 Å². The topological polar surface area (TPSA) is 40.9 Å². The van der Waals surface area contributed by atoms with E-state index in [1.165, 1.54) is 6.07 Å². The summed E-state index contributed by atoms with van der Waals surface area (Å²) in [6.45, 7) is 0. The predicted molar refractivity (Wildman–Crippen MR) is 60.2 cm³/mol. The van der Waals surface area contributed by atoms with E-state index >= 15 is 0 Å². The van der Waals surface area contributed by atoms with Crippen LogP contribution in [0.4, 0.5) is 0 Å². The van der Waals surface area contributed by atoms with Crippen LogP contribution in [0, 0.1) is 11.3 Å². The molecule has 0 radical (unpaired) electrons. The first-order chi connectivity index (χ1) is 6.97. The summed E-state index contributed by atoms with van der Waals surface area (Å²) in [5, 5.41) is 9.00. The summed E-state index contributed by atoms with van der Waals surface area (Å²) in [5.41, 5.74) is 0.602. The number of alkyl halides is 2. The lowest BCUT2D eigenvalue weighted by Gasteiger charge is -2.09. The van der Waals surface area contributed by atoms with Crippen LogP contribution in [0.25, 0.3) is 0 Å². The van der Waals surface area contributed by atoms with Crippen molar-refractivity contribution in [2.24, 2.45) is 0 Å². The standard InChI is InChI=1S/C10H6Cl3NO/c11-8-4-2-1-3-7(8)5-9(15)10(12,13)6-14/h1-4H,5H2. The van der Waals surface area contributed by atoms with Crippen LogP contribution >= 0.6 is 34.8 Å². The number of benzene rings is 1. The third kappa shape index (κ3) is 3.10. The lowest BCUT2D eigenvalue weighted by atomic mass is 10.1. The number of rotatable bonds is 3. The van der Waals surface area contributed by atoms with Gasteiger partial charge in [-0.3, -0.25) is 4.79 Å². The number of carbonyl (C=O) groups is 1. The summed E-state index contributed by atoms with van der Waals surface area (Å²) in [7, 11) is 0. The number of Topliss-reactive ketones (excluding diaryl/α,β-unsaturated/α-hetero) is 1. The first kappa shape index (κ1) is 12.3. The predicted octanol–water partition coefficient (Wildman–Crippen LogP) is 3.15. The highest BCUT2D eigenvalue weighted by Crippen LogP contribution is 2.25. The van der Waals surface area contributed by atoms with Crippen molar-refractivity contribution in [3.05, 3.63) is 34.9 Å². The SMILES string of the molecule is N#CC(Cl)(Cl)C(=O)Cc1ccccc1Cl. The van der Waals surface area contributed by atoms with Gasteiger partial charge in [0.2, 0.25) is 0 Å². The van der Waals surface area contributed by atoms with Gasteiger partial charge in [-0.05, 0) is 11.6 Å². The lowest BCUT2D eigenvalue weighted by molar-refractivity contribution is -0.118. The lowest BCUT2D eigenvalue weighted by Crippen LogP contribution is -2.25. The van der Waals surface area contributed by atoms with Gasteiger partial charge in [-0.15, -0.1) is 0 Å². The molecule has 0 aromatic heterocycles. The van der Waals surface area contributed by atoms with Gasteiger partial charge in [-0.25, -0.2) is 0 Å². The normalized spacial score (nSPS) is 10.8. The maximum atomic E-state index is 11.5. The molecule has 1 aromatic rings. The fourth-order valence-electron chi connectivity index (χ4n) is 0.988. The zero-order chi connectivity index (χ0) is 11.5. The Morgan fingerprint density at radius 2 is 2.00 bits per heavy atom. The highest BCUT2D eigenvalue weighted by atomic mass is 35.5. The molecule has 78 valence electrons. The maximum Gasteiger partial charge on any atom is 0.261 e. The van der Waals surface area contributed by atoms with E-state index in [-0.39, 0.29) is 6.42 Å². The van der Waals surface area contributed by atoms with E-state index in [0.29, 0.717) is 10.6 Å². The van der Waals surface area contributed by atoms with Crippen LogP contribution in [0.3, 0.4) is 0 Å². The van der Waals surface area contributed by atoms with Gasteiger partial charge in [0.05, 0.1) is 0 Å². The van der Waals surface area contributed by atoms with E-state index in [1.54, 1.807) is 24.3 Å². The number of ketones is 1. The first-order valence-corrected chi connectivity index (χ1v) is 5.16. The summed E-state index contributed by atoms with van der Waals surface area (Å²) in [6, 6.07) is 8.34. The summed E-state index contributed by atoms with van der Waals surface area (Å²) in [4.78, 5) is 11.5. The van der Waals surface area contributed by atoms with Crippen LogP contribution in [0.1, 0.15) is 5.56 Å². The molecule has 0 atom stereocenters. The summed E-state index contributed by atoms with van der Waals surface area (Å²) in [6.07, 6.45) is -0.0553. The Hall–Kier alpha value is -0.750. The molecule has 0 amide bonds. The molecule has 2 nitrogen and oxygen atoms in total. The molecule has 0 aliphatic carbocycles. The summed E-state index contributed by atoms with van der Waals surface area (Å²) < 4.78 is -2.00. The second kappa shape index (κ2) is 4.85. The van der Waals surface area contributed by atoms with Gasteiger partial charge in [0.25, 0.3) is 4.33 Å². The molecular formula is C10H6Cl3NO. The van der Waals surface area contributed by atoms with Crippen molar-refractivity contribution in [3.8, 4) is 6.07 Å². The Morgan fingerprint density at radius 1 is 1.40 bits per heavy atom. The fourth-order valence-corrected chi connectivity index (χ4v) is 1.32. The molecule has 0 fully saturated rings. The van der Waals surface area contributed by atoms with Crippen molar-refractivity contribution < 1.29 is 4.79 Å². The van der Waals surface area contributed by atoms with Crippen LogP contribution in [-0.4, -0.2) is 10.1 Å². The van der Waals surface area contributed by atoms with E-state index in [4.69, 9.17) is 40.1 Å². The number of nitrogens with zero attached hydrogens (tertiary/aromatic N) is 1. The van der Waals surface area contributed by atoms with Crippen LogP contribution in [0.15, 0.2) is 24.3 Å². The molecule has 15 heavy (non-hydrogen) atoms. The van der Waals surface area contributed by atoms with E-state index in [0.717, 1.165) is 0 Å². The van der Waals surface area contributed by atoms with Gasteiger partial charge in [-0.1, -0.05) is 53.0 Å². The quantitative estimate of drug-likeness (QED) is 0.785. The molecule has 0 unspecified atom stereocenters. The molecule has 0 heterocycles. The van der Waals surface area contributed by atoms with Gasteiger partial charge in [0.15, 0.2) is 5.78 Å². The van der Waals surface area contributed by atoms with Crippen LogP contribution in [0.2, 0.25) is 5.02 Å². The van der Waals surface area contributed by atoms with Gasteiger partial charge >= 0.3 is 0 Å². The minimum absolute atomic E-state index is 0.0553. The van der Waals surface area contributed by atoms with E-state index in [9.17, 15) is 4.79 Å². The zero-order valence-corrected chi connectivity index (χ0v) is 9.77. The number of nitriles is 1. The van der Waals surface area contributed by atoms with Crippen molar-refractivity contribution in [3.63, 3.8) is 0 Å². The van der Waals surface area contributed by atoms with Gasteiger partial charge in [0, 0.05) is 11.4 Å².